The van der Waals surface area contributed by atoms with E-state index in [0.717, 1.165) is 42.8 Å². The minimum Gasteiger partial charge on any atom is -0.499 e. The van der Waals surface area contributed by atoms with Crippen molar-refractivity contribution in [1.29, 1.82) is 0 Å². The maximum absolute atomic E-state index is 13.2. The Balaban J connectivity index is 0.000000192. The maximum Gasteiger partial charge on any atom is 0.139 e. The van der Waals surface area contributed by atoms with Crippen molar-refractivity contribution in [2.75, 3.05) is 0 Å². The fraction of sp³-hybridized carbons (Fsp3) is 0.196. The molecule has 0 aliphatic carbocycles. The molecule has 7 heteroatoms. The van der Waals surface area contributed by atoms with Crippen LogP contribution in [0.25, 0.3) is 55.4 Å². The molecule has 0 unspecified atom stereocenters. The predicted molar refractivity (Wildman–Crippen MR) is 215 cm³/mol. The number of fused-ring (bicyclic) bond motifs is 5. The number of aromatic nitrogens is 3. The topological polar surface area (TPSA) is 51.8 Å². The van der Waals surface area contributed by atoms with E-state index in [1.54, 1.807) is 24.5 Å². The molecule has 0 aliphatic rings. The summed E-state index contributed by atoms with van der Waals surface area (Å²) in [6.45, 7) is 5.71. The van der Waals surface area contributed by atoms with Crippen LogP contribution in [0, 0.1) is 23.4 Å². The van der Waals surface area contributed by atoms with Crippen molar-refractivity contribution >= 4 is 50.5 Å². The summed E-state index contributed by atoms with van der Waals surface area (Å²) in [6.07, 6.45) is 2.11. The Morgan fingerprint density at radius 3 is 2.21 bits per heavy atom. The molecule has 53 heavy (non-hydrogen) atoms. The van der Waals surface area contributed by atoms with Crippen LogP contribution < -0.4 is 4.40 Å². The molecule has 0 amide bonds. The van der Waals surface area contributed by atoms with E-state index < -0.39 is 31.4 Å². The molecule has 0 bridgehead atoms. The van der Waals surface area contributed by atoms with Crippen molar-refractivity contribution in [2.45, 2.75) is 50.8 Å². The van der Waals surface area contributed by atoms with Gasteiger partial charge < -0.3 is 9.40 Å². The van der Waals surface area contributed by atoms with Crippen LogP contribution in [0.1, 0.15) is 42.9 Å². The average molecular weight is 941 g/mol. The summed E-state index contributed by atoms with van der Waals surface area (Å²) in [5.41, 5.74) is 6.50. The number of furan rings is 1. The third-order valence-corrected chi connectivity index (χ3v) is 12.7. The fourth-order valence-electron chi connectivity index (χ4n) is 6.14. The number of hydrogen-bond donors (Lipinski definition) is 0. The molecule has 0 fully saturated rings. The van der Waals surface area contributed by atoms with Crippen LogP contribution in [0.5, 0.6) is 0 Å². The van der Waals surface area contributed by atoms with Crippen LogP contribution in [0.3, 0.4) is 0 Å². The summed E-state index contributed by atoms with van der Waals surface area (Å²) in [6, 6.07) is 36.8. The van der Waals surface area contributed by atoms with Crippen LogP contribution in [0.15, 0.2) is 126 Å². The Morgan fingerprint density at radius 2 is 1.47 bits per heavy atom. The Kier molecular flexibility index (Phi) is 9.91. The minimum absolute atomic E-state index is 0. The van der Waals surface area contributed by atoms with Gasteiger partial charge in [-0.2, -0.15) is 0 Å². The first-order chi connectivity index (χ1) is 26.4. The van der Waals surface area contributed by atoms with Crippen molar-refractivity contribution in [3.8, 4) is 22.5 Å². The second-order valence-electron chi connectivity index (χ2n) is 14.8. The maximum atomic E-state index is 13.2. The Labute approximate surface area is 333 Å². The molecule has 1 radical (unpaired) electrons. The second kappa shape index (κ2) is 15.9. The van der Waals surface area contributed by atoms with Crippen LogP contribution in [0.4, 0.5) is 4.39 Å². The van der Waals surface area contributed by atoms with E-state index in [4.69, 9.17) is 9.90 Å². The van der Waals surface area contributed by atoms with Gasteiger partial charge in [-0.3, -0.25) is 4.98 Å². The molecule has 269 valence electrons. The van der Waals surface area contributed by atoms with E-state index in [9.17, 15) is 4.39 Å². The molecule has 0 aliphatic heterocycles. The first-order valence-electron chi connectivity index (χ1n) is 19.3. The van der Waals surface area contributed by atoms with E-state index in [0.29, 0.717) is 33.6 Å². The van der Waals surface area contributed by atoms with Crippen LogP contribution in [-0.4, -0.2) is 28.2 Å². The summed E-state index contributed by atoms with van der Waals surface area (Å²) in [5.74, 6) is 6.33. The van der Waals surface area contributed by atoms with Crippen molar-refractivity contribution in [3.05, 3.63) is 156 Å². The third kappa shape index (κ3) is 9.01. The van der Waals surface area contributed by atoms with Crippen molar-refractivity contribution in [3.63, 3.8) is 0 Å². The second-order valence-corrected chi connectivity index (χ2v) is 25.4. The summed E-state index contributed by atoms with van der Waals surface area (Å²) in [5, 5.41) is 3.03. The van der Waals surface area contributed by atoms with E-state index in [2.05, 4.69) is 44.4 Å². The molecule has 0 spiro atoms. The number of nitrogens with zero attached hydrogens (tertiary/aromatic N) is 3. The van der Waals surface area contributed by atoms with Crippen molar-refractivity contribution < 1.29 is 34.4 Å². The van der Waals surface area contributed by atoms with Gasteiger partial charge in [-0.05, 0) is 29.6 Å². The molecule has 8 rings (SSSR count). The SMILES string of the molecule is [2H]C([2H])(c1ccccc1)c1cc(-c2[c-]cc(F)cc2)nc[c]1[Ge]([CH3])([CH3])[CH3].[2H]C([2H])(c1ccnc(-c2[c-]cc3oc4cnc5ccccc5c4c3c2)c1)C(C)(C)C.[Ir]. The summed E-state index contributed by atoms with van der Waals surface area (Å²) in [4.78, 5) is 13.5. The number of benzene rings is 4. The Morgan fingerprint density at radius 1 is 0.736 bits per heavy atom. The van der Waals surface area contributed by atoms with Gasteiger partial charge in [0.05, 0.1) is 17.3 Å². The van der Waals surface area contributed by atoms with Gasteiger partial charge >= 0.3 is 148 Å². The number of halogens is 1. The molecule has 8 aromatic rings. The molecule has 0 N–H and O–H groups in total. The van der Waals surface area contributed by atoms with Crippen LogP contribution in [-0.2, 0) is 32.9 Å². The Bertz CT molecular complexity index is 2690. The van der Waals surface area contributed by atoms with Gasteiger partial charge in [0.1, 0.15) is 5.58 Å². The standard InChI is InChI=1S/C25H21N2O.C21H21FGeN.Ir/c1-25(2,3)14-16-10-11-26-21(12-16)17-8-9-22-19(13-17)24-18-6-4-5-7-20(18)27-15-23(24)28-22;1-23(2,3)20-15-24-21(17-9-11-19(22)12-10-17)14-18(20)13-16-7-5-4-6-8-16;/h4-7,9-13,15H,14H2,1-3H3;4-9,11-12,14-15H,13H2,1-3H3;/q2*-1;/i14D2;13D2;. The molecule has 4 nitrogen and oxygen atoms in total. The molecule has 4 aromatic heterocycles. The van der Waals surface area contributed by atoms with Crippen molar-refractivity contribution in [1.82, 2.24) is 15.0 Å². The van der Waals surface area contributed by atoms with Gasteiger partial charge in [-0.1, -0.05) is 56.0 Å². The normalized spacial score (nSPS) is 13.3. The zero-order valence-electron chi connectivity index (χ0n) is 34.5. The van der Waals surface area contributed by atoms with Gasteiger partial charge in [0, 0.05) is 39.8 Å². The fourth-order valence-corrected chi connectivity index (χ4v) is 9.06. The number of hydrogen-bond acceptors (Lipinski definition) is 4. The first-order valence-corrected chi connectivity index (χ1v) is 24.6. The molecular weight excluding hydrogens is 894 g/mol. The van der Waals surface area contributed by atoms with Crippen molar-refractivity contribution in [2.24, 2.45) is 5.41 Å². The molecule has 0 saturated heterocycles. The summed E-state index contributed by atoms with van der Waals surface area (Å²) < 4.78 is 55.1. The number of rotatable bonds is 6. The smallest absolute Gasteiger partial charge is 0.139 e. The van der Waals surface area contributed by atoms with E-state index in [1.807, 2.05) is 106 Å². The number of pyridine rings is 3. The molecule has 4 aromatic carbocycles. The molecule has 4 heterocycles. The summed E-state index contributed by atoms with van der Waals surface area (Å²) in [7, 11) is 0. The van der Waals surface area contributed by atoms with E-state index >= 15 is 0 Å². The average Bonchev–Trinajstić information content (AvgIpc) is 3.56. The largest absolute Gasteiger partial charge is 0.499 e. The Hall–Kier alpha value is -4.49. The molecule has 0 saturated carbocycles. The van der Waals surface area contributed by atoms with Crippen LogP contribution >= 0.6 is 0 Å². The van der Waals surface area contributed by atoms with E-state index in [1.165, 1.54) is 12.1 Å². The first kappa shape index (κ1) is 33.1. The van der Waals surface area contributed by atoms with Gasteiger partial charge in [-0.25, -0.2) is 0 Å². The zero-order valence-corrected chi connectivity index (χ0v) is 35.0. The van der Waals surface area contributed by atoms with Gasteiger partial charge in [0.15, 0.2) is 0 Å². The molecular formula is C46H42FGeIrN3O-2. The van der Waals surface area contributed by atoms with E-state index in [-0.39, 0.29) is 25.9 Å². The van der Waals surface area contributed by atoms with Crippen LogP contribution in [0.2, 0.25) is 17.3 Å². The van der Waals surface area contributed by atoms with Gasteiger partial charge in [0.2, 0.25) is 0 Å². The minimum atomic E-state index is -2.37. The van der Waals surface area contributed by atoms with Gasteiger partial charge in [-0.15, -0.1) is 23.8 Å². The monoisotopic (exact) mass is 942 g/mol. The predicted octanol–water partition coefficient (Wildman–Crippen LogP) is 11.4. The summed E-state index contributed by atoms with van der Waals surface area (Å²) >= 11 is -2.37. The molecule has 0 atom stereocenters. The zero-order chi connectivity index (χ0) is 40.0. The third-order valence-electron chi connectivity index (χ3n) is 8.51. The quantitative estimate of drug-likeness (QED) is 0.123. The van der Waals surface area contributed by atoms with Gasteiger partial charge in [0.25, 0.3) is 0 Å². The number of para-hydroxylation sites is 1.